The molecule has 0 aromatic rings. The molecule has 0 unspecified atom stereocenters. The first kappa shape index (κ1) is 126. The molecule has 0 saturated heterocycles. The Hall–Kier alpha value is 0. The number of rotatable bonds is 0. The van der Waals surface area contributed by atoms with Crippen LogP contribution >= 0.6 is 0 Å². The van der Waals surface area contributed by atoms with Crippen LogP contribution in [-0.4, -0.2) is 0 Å². The van der Waals surface area contributed by atoms with Crippen molar-refractivity contribution in [1.82, 2.24) is 0 Å². The molecule has 0 rings (SSSR count). The van der Waals surface area contributed by atoms with Crippen LogP contribution in [0.15, 0.2) is 0 Å². The second-order valence-electron chi connectivity index (χ2n) is 4.24. The van der Waals surface area contributed by atoms with E-state index in [-0.39, 0.29) is 14.9 Å². The minimum Gasteiger partial charge on any atom is -0.0776 e. The quantitative estimate of drug-likeness (QED) is 0.261. The van der Waals surface area contributed by atoms with Gasteiger partial charge in [-0.15, -0.1) is 0 Å². The highest BCUT2D eigenvalue weighted by Crippen LogP contribution is 1.57. The smallest absolute Gasteiger partial charge is 0.0590 e. The molecule has 0 atom stereocenters. The maximum atomic E-state index is 2.12. The molecule has 0 aliphatic heterocycles. The molecular formula is C40H116. The van der Waals surface area contributed by atoms with E-state index < -0.39 is 0 Å². The van der Waals surface area contributed by atoms with E-state index in [0.29, 0.717) is 0 Å². The summed E-state index contributed by atoms with van der Waals surface area (Å²) in [4.78, 5) is 0. The van der Waals surface area contributed by atoms with Crippen molar-refractivity contribution in [2.24, 2.45) is 0 Å². The summed E-state index contributed by atoms with van der Waals surface area (Å²) in [6.07, 6.45) is 7.50. The monoisotopic (exact) mass is 597 g/mol. The van der Waals surface area contributed by atoms with Crippen LogP contribution in [0.3, 0.4) is 0 Å². The minimum absolute atomic E-state index is 0. The van der Waals surface area contributed by atoms with Gasteiger partial charge >= 0.3 is 0 Å². The average Bonchev–Trinajstić information content (AvgIpc) is 3.02. The third-order valence-corrected chi connectivity index (χ3v) is 0. The van der Waals surface area contributed by atoms with Gasteiger partial charge in [0.05, 0.1) is 0 Å². The molecule has 0 aromatic heterocycles. The molecule has 276 valence electrons. The van der Waals surface area contributed by atoms with Crippen molar-refractivity contribution >= 4 is 0 Å². The third kappa shape index (κ3) is 0. The van der Waals surface area contributed by atoms with E-state index in [1.807, 2.05) is 138 Å². The lowest BCUT2D eigenvalue weighted by molar-refractivity contribution is 1.09. The summed E-state index contributed by atoms with van der Waals surface area (Å²) in [5, 5.41) is 0. The molecule has 0 fully saturated rings. The van der Waals surface area contributed by atoms with Gasteiger partial charge in [0.1, 0.15) is 0 Å². The Kier molecular flexibility index (Phi) is 4920. The average molecular weight is 597 g/mol. The summed E-state index contributed by atoms with van der Waals surface area (Å²) < 4.78 is 0. The first-order chi connectivity index (χ1) is 18.5. The van der Waals surface area contributed by atoms with Gasteiger partial charge in [0.15, 0.2) is 0 Å². The van der Waals surface area contributed by atoms with E-state index in [2.05, 4.69) is 83.1 Å². The standard InChI is InChI=1S/6C3H8.10C2H6.2CH4/c6*1-3-2;10*1-2;;/h6*3H2,1-2H3;10*1-2H3;2*1H4. The van der Waals surface area contributed by atoms with Crippen molar-refractivity contribution < 1.29 is 0 Å². The fourth-order valence-corrected chi connectivity index (χ4v) is 0. The van der Waals surface area contributed by atoms with Gasteiger partial charge in [-0.1, -0.05) is 275 Å². The Morgan fingerprint density at radius 1 is 0.150 bits per heavy atom. The highest BCUT2D eigenvalue weighted by atomic mass is 13.4. The molecule has 0 radical (unpaired) electrons. The lowest BCUT2D eigenvalue weighted by Gasteiger charge is -1.48. The van der Waals surface area contributed by atoms with Gasteiger partial charge in [0, 0.05) is 0 Å². The Bertz CT molecular complexity index is 15.5. The number of hydrogen-bond acceptors (Lipinski definition) is 0. The summed E-state index contributed by atoms with van der Waals surface area (Å²) in [6, 6.07) is 0. The Balaban J connectivity index is -0.00000000808. The van der Waals surface area contributed by atoms with Crippen molar-refractivity contribution in [1.29, 1.82) is 0 Å². The summed E-state index contributed by atoms with van der Waals surface area (Å²) in [5.41, 5.74) is 0. The van der Waals surface area contributed by atoms with Crippen molar-refractivity contribution in [3.05, 3.63) is 0 Å². The van der Waals surface area contributed by atoms with Gasteiger partial charge in [0.25, 0.3) is 0 Å². The molecule has 0 saturated carbocycles. The minimum atomic E-state index is 0. The van der Waals surface area contributed by atoms with Gasteiger partial charge in [-0.05, 0) is 0 Å². The fraction of sp³-hybridized carbons (Fsp3) is 1.00. The molecule has 0 aliphatic carbocycles. The molecule has 0 aromatic carbocycles. The molecule has 0 bridgehead atoms. The van der Waals surface area contributed by atoms with E-state index >= 15 is 0 Å². The molecule has 0 spiro atoms. The summed E-state index contributed by atoms with van der Waals surface area (Å²) in [6.45, 7) is 65.5. The Morgan fingerprint density at radius 3 is 0.150 bits per heavy atom. The Morgan fingerprint density at radius 2 is 0.150 bits per heavy atom. The van der Waals surface area contributed by atoms with E-state index in [1.54, 1.807) is 0 Å². The predicted molar refractivity (Wildman–Crippen MR) is 223 cm³/mol. The zero-order chi connectivity index (χ0) is 36.2. The van der Waals surface area contributed by atoms with Crippen molar-refractivity contribution in [2.45, 2.75) is 275 Å². The van der Waals surface area contributed by atoms with Gasteiger partial charge in [-0.3, -0.25) is 0 Å². The SMILES string of the molecule is C.C.CC.CC.CC.CC.CC.CC.CC.CC.CC.CC.CCC.CCC.CCC.CCC.CCC.CCC. The third-order valence-electron chi connectivity index (χ3n) is 0. The van der Waals surface area contributed by atoms with Crippen molar-refractivity contribution in [2.75, 3.05) is 0 Å². The van der Waals surface area contributed by atoms with Crippen LogP contribution in [0, 0.1) is 0 Å². The summed E-state index contributed by atoms with van der Waals surface area (Å²) in [5.74, 6) is 0. The first-order valence-corrected chi connectivity index (χ1v) is 18.5. The lowest BCUT2D eigenvalue weighted by Crippen LogP contribution is -1.27. The second kappa shape index (κ2) is 1560. The molecule has 0 amide bonds. The zero-order valence-electron chi connectivity index (χ0n) is 36.2. The van der Waals surface area contributed by atoms with Crippen LogP contribution in [0.4, 0.5) is 0 Å². The van der Waals surface area contributed by atoms with Crippen LogP contribution < -0.4 is 0 Å². The van der Waals surface area contributed by atoms with Crippen LogP contribution in [0.25, 0.3) is 0 Å². The zero-order valence-corrected chi connectivity index (χ0v) is 36.2. The molecule has 0 aliphatic rings. The van der Waals surface area contributed by atoms with E-state index in [4.69, 9.17) is 0 Å². The van der Waals surface area contributed by atoms with E-state index in [1.165, 1.54) is 38.5 Å². The van der Waals surface area contributed by atoms with Crippen LogP contribution in [0.2, 0.25) is 0 Å². The lowest BCUT2D eigenvalue weighted by atomic mass is 10.6. The van der Waals surface area contributed by atoms with E-state index in [0.717, 1.165) is 0 Å². The second-order valence-corrected chi connectivity index (χ2v) is 4.24. The normalized spacial score (nSPS) is 4.20. The summed E-state index contributed by atoms with van der Waals surface area (Å²) >= 11 is 0. The first-order valence-electron chi connectivity index (χ1n) is 18.5. The highest BCUT2D eigenvalue weighted by molar-refractivity contribution is 3.93. The molecular weight excluding hydrogens is 480 g/mol. The molecule has 0 heteroatoms. The van der Waals surface area contributed by atoms with Gasteiger partial charge in [0.2, 0.25) is 0 Å². The van der Waals surface area contributed by atoms with Crippen LogP contribution in [-0.2, 0) is 0 Å². The maximum absolute atomic E-state index is 2.12. The number of hydrogen-bond donors (Lipinski definition) is 0. The molecule has 0 N–H and O–H groups in total. The topological polar surface area (TPSA) is 0 Å². The molecule has 0 nitrogen and oxygen atoms in total. The van der Waals surface area contributed by atoms with E-state index in [9.17, 15) is 0 Å². The van der Waals surface area contributed by atoms with Gasteiger partial charge in [-0.2, -0.15) is 0 Å². The van der Waals surface area contributed by atoms with Gasteiger partial charge < -0.3 is 0 Å². The van der Waals surface area contributed by atoms with Gasteiger partial charge in [-0.25, -0.2) is 0 Å². The summed E-state index contributed by atoms with van der Waals surface area (Å²) in [7, 11) is 0. The highest BCUT2D eigenvalue weighted by Gasteiger charge is 1.37. The predicted octanol–water partition coefficient (Wildman–Crippen LogP) is 20.0. The van der Waals surface area contributed by atoms with Crippen molar-refractivity contribution in [3.63, 3.8) is 0 Å². The maximum Gasteiger partial charge on any atom is -0.0590 e. The largest absolute Gasteiger partial charge is 0.0776 e. The van der Waals surface area contributed by atoms with Crippen LogP contribution in [0.1, 0.15) is 275 Å². The fourth-order valence-electron chi connectivity index (χ4n) is 0. The molecule has 0 heterocycles. The van der Waals surface area contributed by atoms with Crippen LogP contribution in [0.5, 0.6) is 0 Å². The van der Waals surface area contributed by atoms with Crippen molar-refractivity contribution in [3.8, 4) is 0 Å². The molecule has 40 heavy (non-hydrogen) atoms. The Labute approximate surface area is 274 Å².